The maximum Gasteiger partial charge on any atom is 0.311 e. The summed E-state index contributed by atoms with van der Waals surface area (Å²) in [6.45, 7) is 3.31. The van der Waals surface area contributed by atoms with Crippen LogP contribution < -0.4 is 10.1 Å². The van der Waals surface area contributed by atoms with E-state index in [0.29, 0.717) is 5.69 Å². The number of nitrogens with one attached hydrogen (secondary N) is 1. The lowest BCUT2D eigenvalue weighted by Crippen LogP contribution is -2.30. The highest BCUT2D eigenvalue weighted by Gasteiger charge is 2.21. The van der Waals surface area contributed by atoms with E-state index in [1.807, 2.05) is 36.4 Å². The summed E-state index contributed by atoms with van der Waals surface area (Å²) in [7, 11) is 0. The van der Waals surface area contributed by atoms with Crippen molar-refractivity contribution in [3.8, 4) is 5.75 Å². The number of carbonyl (C=O) groups excluding carboxylic acids is 1. The van der Waals surface area contributed by atoms with Crippen LogP contribution in [0.2, 0.25) is 0 Å². The maximum atomic E-state index is 12.4. The fraction of sp³-hybridized carbons (Fsp3) is 0.150. The summed E-state index contributed by atoms with van der Waals surface area (Å²) in [5.41, 5.74) is 1.23. The molecule has 0 aliphatic rings. The number of nitro groups is 1. The Labute approximate surface area is 150 Å². The van der Waals surface area contributed by atoms with E-state index in [9.17, 15) is 14.9 Å². The highest BCUT2D eigenvalue weighted by Crippen LogP contribution is 2.29. The Morgan fingerprint density at radius 1 is 1.08 bits per heavy atom. The van der Waals surface area contributed by atoms with Crippen molar-refractivity contribution in [1.82, 2.24) is 0 Å². The minimum Gasteiger partial charge on any atom is -0.474 e. The minimum absolute atomic E-state index is 0.0711. The molecule has 3 rings (SSSR count). The van der Waals surface area contributed by atoms with Gasteiger partial charge in [-0.2, -0.15) is 0 Å². The van der Waals surface area contributed by atoms with Crippen LogP contribution in [0.25, 0.3) is 10.8 Å². The van der Waals surface area contributed by atoms with Crippen molar-refractivity contribution in [2.45, 2.75) is 20.0 Å². The highest BCUT2D eigenvalue weighted by atomic mass is 16.6. The van der Waals surface area contributed by atoms with Crippen LogP contribution in [0.4, 0.5) is 11.4 Å². The van der Waals surface area contributed by atoms with Crippen LogP contribution in [-0.2, 0) is 4.79 Å². The second-order valence-corrected chi connectivity index (χ2v) is 6.04. The summed E-state index contributed by atoms with van der Waals surface area (Å²) in [5, 5.41) is 16.0. The standard InChI is InChI=1S/C20H18N2O4/c1-13-7-10-19(18(11-13)22(24)25)26-14(2)20(23)21-17-9-8-15-5-3-4-6-16(15)12-17/h3-12,14H,1-2H3,(H,21,23)/t14-/m1/s1. The number of aryl methyl sites for hydroxylation is 1. The fourth-order valence-electron chi connectivity index (χ4n) is 2.62. The molecule has 0 aliphatic carbocycles. The van der Waals surface area contributed by atoms with Gasteiger partial charge in [0.15, 0.2) is 11.9 Å². The van der Waals surface area contributed by atoms with E-state index in [1.165, 1.54) is 12.1 Å². The van der Waals surface area contributed by atoms with Crippen molar-refractivity contribution in [2.24, 2.45) is 0 Å². The molecule has 0 spiro atoms. The van der Waals surface area contributed by atoms with E-state index in [1.54, 1.807) is 26.0 Å². The number of amides is 1. The predicted octanol–water partition coefficient (Wildman–Crippen LogP) is 4.46. The molecule has 6 nitrogen and oxygen atoms in total. The van der Waals surface area contributed by atoms with Gasteiger partial charge >= 0.3 is 5.69 Å². The predicted molar refractivity (Wildman–Crippen MR) is 101 cm³/mol. The summed E-state index contributed by atoms with van der Waals surface area (Å²) in [6.07, 6.45) is -0.886. The molecule has 0 radical (unpaired) electrons. The Kier molecular flexibility index (Phi) is 4.84. The van der Waals surface area contributed by atoms with Gasteiger partial charge in [0.25, 0.3) is 5.91 Å². The Morgan fingerprint density at radius 3 is 2.54 bits per heavy atom. The van der Waals surface area contributed by atoms with Crippen molar-refractivity contribution in [3.05, 3.63) is 76.3 Å². The topological polar surface area (TPSA) is 81.5 Å². The molecule has 0 aromatic heterocycles. The molecule has 3 aromatic carbocycles. The zero-order valence-corrected chi connectivity index (χ0v) is 14.4. The quantitative estimate of drug-likeness (QED) is 0.544. The summed E-state index contributed by atoms with van der Waals surface area (Å²) in [4.78, 5) is 23.0. The van der Waals surface area contributed by atoms with Gasteiger partial charge in [-0.3, -0.25) is 14.9 Å². The molecule has 0 saturated heterocycles. The molecule has 3 aromatic rings. The van der Waals surface area contributed by atoms with E-state index in [0.717, 1.165) is 16.3 Å². The van der Waals surface area contributed by atoms with Gasteiger partial charge < -0.3 is 10.1 Å². The average Bonchev–Trinajstić information content (AvgIpc) is 2.62. The second-order valence-electron chi connectivity index (χ2n) is 6.04. The molecule has 0 heterocycles. The van der Waals surface area contributed by atoms with E-state index >= 15 is 0 Å². The van der Waals surface area contributed by atoms with Crippen LogP contribution in [0.15, 0.2) is 60.7 Å². The highest BCUT2D eigenvalue weighted by molar-refractivity contribution is 5.96. The number of ether oxygens (including phenoxy) is 1. The van der Waals surface area contributed by atoms with Gasteiger partial charge in [0, 0.05) is 11.8 Å². The van der Waals surface area contributed by atoms with E-state index in [-0.39, 0.29) is 17.3 Å². The second kappa shape index (κ2) is 7.23. The first-order chi connectivity index (χ1) is 12.4. The molecule has 0 unspecified atom stereocenters. The first kappa shape index (κ1) is 17.4. The normalized spacial score (nSPS) is 11.8. The number of hydrogen-bond acceptors (Lipinski definition) is 4. The van der Waals surface area contributed by atoms with Crippen molar-refractivity contribution < 1.29 is 14.5 Å². The Hall–Kier alpha value is -3.41. The fourth-order valence-corrected chi connectivity index (χ4v) is 2.62. The van der Waals surface area contributed by atoms with E-state index in [4.69, 9.17) is 4.74 Å². The monoisotopic (exact) mass is 350 g/mol. The van der Waals surface area contributed by atoms with Crippen LogP contribution >= 0.6 is 0 Å². The number of benzene rings is 3. The van der Waals surface area contributed by atoms with Gasteiger partial charge in [0.2, 0.25) is 0 Å². The lowest BCUT2D eigenvalue weighted by atomic mass is 10.1. The van der Waals surface area contributed by atoms with Crippen LogP contribution in [0, 0.1) is 17.0 Å². The Balaban J connectivity index is 1.74. The third kappa shape index (κ3) is 3.80. The Morgan fingerprint density at radius 2 is 1.81 bits per heavy atom. The minimum atomic E-state index is -0.886. The molecule has 6 heteroatoms. The molecule has 0 fully saturated rings. The van der Waals surface area contributed by atoms with E-state index < -0.39 is 11.0 Å². The lowest BCUT2D eigenvalue weighted by Gasteiger charge is -2.15. The van der Waals surface area contributed by atoms with Gasteiger partial charge in [-0.15, -0.1) is 0 Å². The van der Waals surface area contributed by atoms with Gasteiger partial charge in [-0.25, -0.2) is 0 Å². The van der Waals surface area contributed by atoms with Gasteiger partial charge in [-0.05, 0) is 48.4 Å². The average molecular weight is 350 g/mol. The van der Waals surface area contributed by atoms with Gasteiger partial charge in [0.05, 0.1) is 4.92 Å². The summed E-state index contributed by atoms with van der Waals surface area (Å²) >= 11 is 0. The van der Waals surface area contributed by atoms with Crippen molar-refractivity contribution in [3.63, 3.8) is 0 Å². The molecule has 26 heavy (non-hydrogen) atoms. The third-order valence-corrected chi connectivity index (χ3v) is 4.00. The van der Waals surface area contributed by atoms with Gasteiger partial charge in [0.1, 0.15) is 0 Å². The number of nitro benzene ring substituents is 1. The zero-order chi connectivity index (χ0) is 18.7. The molecular weight excluding hydrogens is 332 g/mol. The number of fused-ring (bicyclic) bond motifs is 1. The number of carbonyl (C=O) groups is 1. The molecule has 1 amide bonds. The zero-order valence-electron chi connectivity index (χ0n) is 14.4. The van der Waals surface area contributed by atoms with Crippen LogP contribution in [0.5, 0.6) is 5.75 Å². The molecule has 132 valence electrons. The number of anilines is 1. The molecule has 0 aliphatic heterocycles. The maximum absolute atomic E-state index is 12.4. The summed E-state index contributed by atoms with van der Waals surface area (Å²) in [5.74, 6) is -0.308. The third-order valence-electron chi connectivity index (χ3n) is 4.00. The SMILES string of the molecule is Cc1ccc(O[C@H](C)C(=O)Nc2ccc3ccccc3c2)c([N+](=O)[O-])c1. The smallest absolute Gasteiger partial charge is 0.311 e. The van der Waals surface area contributed by atoms with Crippen LogP contribution in [0.1, 0.15) is 12.5 Å². The summed E-state index contributed by atoms with van der Waals surface area (Å²) in [6, 6.07) is 18.1. The molecule has 1 atom stereocenters. The Bertz CT molecular complexity index is 984. The largest absolute Gasteiger partial charge is 0.474 e. The van der Waals surface area contributed by atoms with Crippen LogP contribution in [-0.4, -0.2) is 16.9 Å². The van der Waals surface area contributed by atoms with Crippen LogP contribution in [0.3, 0.4) is 0 Å². The molecule has 0 saturated carbocycles. The number of rotatable bonds is 5. The summed E-state index contributed by atoms with van der Waals surface area (Å²) < 4.78 is 5.53. The molecular formula is C20H18N2O4. The first-order valence-corrected chi connectivity index (χ1v) is 8.15. The number of hydrogen-bond donors (Lipinski definition) is 1. The van der Waals surface area contributed by atoms with Crippen molar-refractivity contribution >= 4 is 28.1 Å². The van der Waals surface area contributed by atoms with Crippen molar-refractivity contribution in [2.75, 3.05) is 5.32 Å². The molecule has 1 N–H and O–H groups in total. The lowest BCUT2D eigenvalue weighted by molar-refractivity contribution is -0.386. The number of nitrogens with zero attached hydrogens (tertiary/aromatic N) is 1. The van der Waals surface area contributed by atoms with Gasteiger partial charge in [-0.1, -0.05) is 36.4 Å². The molecule has 0 bridgehead atoms. The first-order valence-electron chi connectivity index (χ1n) is 8.15. The van der Waals surface area contributed by atoms with E-state index in [2.05, 4.69) is 5.32 Å². The van der Waals surface area contributed by atoms with Crippen molar-refractivity contribution in [1.29, 1.82) is 0 Å².